The molecule has 0 unspecified atom stereocenters. The minimum atomic E-state index is 0. The second kappa shape index (κ2) is 7.02. The minimum Gasteiger partial charge on any atom is -0.508 e. The molecule has 0 fully saturated rings. The second-order valence-corrected chi connectivity index (χ2v) is 1.34. The number of benzene rings is 1. The smallest absolute Gasteiger partial charge is 0.115 e. The molecule has 9 heavy (non-hydrogen) atoms. The maximum atomic E-state index is 8.63. The molecule has 0 saturated heterocycles. The van der Waals surface area contributed by atoms with E-state index in [2.05, 4.69) is 0 Å². The van der Waals surface area contributed by atoms with E-state index in [0.717, 1.165) is 0 Å². The zero-order valence-electron chi connectivity index (χ0n) is 5.25. The third-order valence-electron chi connectivity index (χ3n) is 0.756. The van der Waals surface area contributed by atoms with Gasteiger partial charge < -0.3 is 5.11 Å². The predicted molar refractivity (Wildman–Crippen MR) is 33.9 cm³/mol. The Morgan fingerprint density at radius 1 is 1.00 bits per heavy atom. The Morgan fingerprint density at radius 3 is 1.67 bits per heavy atom. The summed E-state index contributed by atoms with van der Waals surface area (Å²) in [6.45, 7) is 0. The molecular formula is C6H6CaOZn. The van der Waals surface area contributed by atoms with Gasteiger partial charge in [-0.3, -0.25) is 0 Å². The molecule has 0 saturated carbocycles. The first kappa shape index (κ1) is 12.6. The van der Waals surface area contributed by atoms with Gasteiger partial charge in [0.05, 0.1) is 0 Å². The monoisotopic (exact) mass is 198 g/mol. The molecular weight excluding hydrogens is 194 g/mol. The van der Waals surface area contributed by atoms with Crippen molar-refractivity contribution < 1.29 is 24.6 Å². The Bertz CT molecular complexity index is 143. The summed E-state index contributed by atoms with van der Waals surface area (Å²) >= 11 is 0. The molecule has 40 valence electrons. The van der Waals surface area contributed by atoms with Crippen molar-refractivity contribution >= 4 is 37.7 Å². The van der Waals surface area contributed by atoms with E-state index in [1.807, 2.05) is 6.07 Å². The molecule has 2 radical (unpaired) electrons. The van der Waals surface area contributed by atoms with Crippen molar-refractivity contribution in [2.45, 2.75) is 0 Å². The minimum absolute atomic E-state index is 0. The van der Waals surface area contributed by atoms with Crippen LogP contribution in [0.4, 0.5) is 0 Å². The zero-order chi connectivity index (χ0) is 5.11. The SMILES string of the molecule is Oc1ccccc1.[Ca].[Zn]. The largest absolute Gasteiger partial charge is 0.508 e. The van der Waals surface area contributed by atoms with Gasteiger partial charge >= 0.3 is 0 Å². The number of aromatic hydroxyl groups is 1. The van der Waals surface area contributed by atoms with Crippen LogP contribution in [0.15, 0.2) is 30.3 Å². The van der Waals surface area contributed by atoms with Crippen LogP contribution in [0.1, 0.15) is 0 Å². The number of para-hydroxylation sites is 1. The Balaban J connectivity index is 0. The van der Waals surface area contributed by atoms with Gasteiger partial charge in [0.1, 0.15) is 5.75 Å². The first-order valence-corrected chi connectivity index (χ1v) is 2.13. The number of rotatable bonds is 0. The van der Waals surface area contributed by atoms with E-state index in [1.165, 1.54) is 0 Å². The van der Waals surface area contributed by atoms with Gasteiger partial charge in [0.2, 0.25) is 0 Å². The molecule has 0 heterocycles. The molecule has 1 aromatic carbocycles. The average Bonchev–Trinajstić information content (AvgIpc) is 1.69. The van der Waals surface area contributed by atoms with Crippen LogP contribution in [0.3, 0.4) is 0 Å². The molecule has 1 aromatic rings. The molecule has 0 bridgehead atoms. The van der Waals surface area contributed by atoms with Gasteiger partial charge in [0.25, 0.3) is 0 Å². The van der Waals surface area contributed by atoms with Crippen molar-refractivity contribution in [3.8, 4) is 5.75 Å². The van der Waals surface area contributed by atoms with E-state index < -0.39 is 0 Å². The van der Waals surface area contributed by atoms with Crippen molar-refractivity contribution in [2.75, 3.05) is 0 Å². The maximum Gasteiger partial charge on any atom is 0.115 e. The molecule has 0 spiro atoms. The Kier molecular flexibility index (Phi) is 9.80. The van der Waals surface area contributed by atoms with Crippen LogP contribution in [0, 0.1) is 0 Å². The normalized spacial score (nSPS) is 6.67. The molecule has 3 heteroatoms. The first-order chi connectivity index (χ1) is 3.39. The molecule has 0 aliphatic rings. The van der Waals surface area contributed by atoms with E-state index in [9.17, 15) is 0 Å². The van der Waals surface area contributed by atoms with Crippen LogP contribution in [-0.2, 0) is 19.5 Å². The van der Waals surface area contributed by atoms with Gasteiger partial charge in [0.15, 0.2) is 0 Å². The second-order valence-electron chi connectivity index (χ2n) is 1.34. The van der Waals surface area contributed by atoms with Gasteiger partial charge in [-0.15, -0.1) is 0 Å². The third kappa shape index (κ3) is 5.35. The van der Waals surface area contributed by atoms with Gasteiger partial charge in [-0.2, -0.15) is 0 Å². The van der Waals surface area contributed by atoms with Crippen LogP contribution < -0.4 is 0 Å². The number of hydrogen-bond donors (Lipinski definition) is 1. The van der Waals surface area contributed by atoms with Crippen LogP contribution >= 0.6 is 0 Å². The Hall–Kier alpha value is 0.903. The summed E-state index contributed by atoms with van der Waals surface area (Å²) in [5, 5.41) is 8.63. The number of hydrogen-bond acceptors (Lipinski definition) is 1. The Labute approximate surface area is 97.2 Å². The van der Waals surface area contributed by atoms with E-state index >= 15 is 0 Å². The van der Waals surface area contributed by atoms with Gasteiger partial charge in [0, 0.05) is 57.2 Å². The summed E-state index contributed by atoms with van der Waals surface area (Å²) in [7, 11) is 0. The van der Waals surface area contributed by atoms with E-state index in [-0.39, 0.29) is 57.2 Å². The van der Waals surface area contributed by atoms with Crippen molar-refractivity contribution in [3.05, 3.63) is 30.3 Å². The molecule has 1 nitrogen and oxygen atoms in total. The van der Waals surface area contributed by atoms with E-state index in [1.54, 1.807) is 24.3 Å². The fourth-order valence-corrected chi connectivity index (χ4v) is 0.428. The van der Waals surface area contributed by atoms with Gasteiger partial charge in [-0.25, -0.2) is 0 Å². The number of phenols is 1. The predicted octanol–water partition coefficient (Wildman–Crippen LogP) is 1.01. The van der Waals surface area contributed by atoms with Crippen LogP contribution in [0.5, 0.6) is 5.75 Å². The first-order valence-electron chi connectivity index (χ1n) is 2.13. The van der Waals surface area contributed by atoms with Crippen LogP contribution in [0.2, 0.25) is 0 Å². The fourth-order valence-electron chi connectivity index (χ4n) is 0.428. The van der Waals surface area contributed by atoms with Crippen molar-refractivity contribution in [2.24, 2.45) is 0 Å². The van der Waals surface area contributed by atoms with Crippen molar-refractivity contribution in [3.63, 3.8) is 0 Å². The number of phenolic OH excluding ortho intramolecular Hbond substituents is 1. The van der Waals surface area contributed by atoms with Gasteiger partial charge in [-0.05, 0) is 12.1 Å². The van der Waals surface area contributed by atoms with Crippen LogP contribution in [0.25, 0.3) is 0 Å². The summed E-state index contributed by atoms with van der Waals surface area (Å²) in [6.07, 6.45) is 0. The maximum absolute atomic E-state index is 8.63. The molecule has 0 aliphatic heterocycles. The van der Waals surface area contributed by atoms with Crippen LogP contribution in [-0.4, -0.2) is 42.8 Å². The Morgan fingerprint density at radius 2 is 1.44 bits per heavy atom. The zero-order valence-corrected chi connectivity index (χ0v) is 10.4. The quantitative estimate of drug-likeness (QED) is 0.619. The molecule has 0 atom stereocenters. The standard InChI is InChI=1S/C6H6O.Ca.Zn/c7-6-4-2-1-3-5-6;;/h1-5,7H;;. The summed E-state index contributed by atoms with van der Waals surface area (Å²) in [5.41, 5.74) is 0. The van der Waals surface area contributed by atoms with Gasteiger partial charge in [-0.1, -0.05) is 18.2 Å². The summed E-state index contributed by atoms with van der Waals surface area (Å²) in [6, 6.07) is 8.71. The third-order valence-corrected chi connectivity index (χ3v) is 0.756. The fraction of sp³-hybridized carbons (Fsp3) is 0. The summed E-state index contributed by atoms with van der Waals surface area (Å²) in [5.74, 6) is 0.322. The molecule has 0 amide bonds. The van der Waals surface area contributed by atoms with E-state index in [0.29, 0.717) is 5.75 Å². The summed E-state index contributed by atoms with van der Waals surface area (Å²) in [4.78, 5) is 0. The topological polar surface area (TPSA) is 20.2 Å². The van der Waals surface area contributed by atoms with E-state index in [4.69, 9.17) is 5.11 Å². The molecule has 0 aromatic heterocycles. The van der Waals surface area contributed by atoms with Crippen molar-refractivity contribution in [1.82, 2.24) is 0 Å². The molecule has 1 N–H and O–H groups in total. The van der Waals surface area contributed by atoms with Crippen molar-refractivity contribution in [1.29, 1.82) is 0 Å². The summed E-state index contributed by atoms with van der Waals surface area (Å²) < 4.78 is 0. The molecule has 1 rings (SSSR count). The molecule has 0 aliphatic carbocycles. The average molecular weight is 200 g/mol.